The molecule has 200 valence electrons. The topological polar surface area (TPSA) is 143 Å². The average molecular weight is 527 g/mol. The fourth-order valence-electron chi connectivity index (χ4n) is 5.48. The first kappa shape index (κ1) is 25.0. The second-order valence-electron chi connectivity index (χ2n) is 10.3. The number of rotatable bonds is 6. The molecule has 11 nitrogen and oxygen atoms in total. The van der Waals surface area contributed by atoms with E-state index in [4.69, 9.17) is 14.1 Å². The minimum atomic E-state index is 0.00914. The van der Waals surface area contributed by atoms with Crippen LogP contribution in [0, 0.1) is 11.3 Å². The third-order valence-corrected chi connectivity index (χ3v) is 7.53. The molecule has 11 heteroatoms. The SMILES string of the molecule is CC(=O)NC1CCC(c2nnc(-c3cnc(-c4ccc5cc(C#N)cnn45)cc3NC3CCOCC3)o2)CC1. The normalized spacial score (nSPS) is 20.0. The van der Waals surface area contributed by atoms with Crippen LogP contribution in [0.2, 0.25) is 0 Å². The van der Waals surface area contributed by atoms with Gasteiger partial charge in [-0.1, -0.05) is 0 Å². The highest BCUT2D eigenvalue weighted by Gasteiger charge is 2.28. The van der Waals surface area contributed by atoms with Crippen LogP contribution in [0.25, 0.3) is 28.4 Å². The Bertz CT molecular complexity index is 1520. The molecule has 4 aromatic heterocycles. The van der Waals surface area contributed by atoms with Crippen molar-refractivity contribution in [2.45, 2.75) is 63.5 Å². The number of carbonyl (C=O) groups excluding carboxylic acids is 1. The zero-order valence-electron chi connectivity index (χ0n) is 21.8. The van der Waals surface area contributed by atoms with E-state index in [1.54, 1.807) is 29.9 Å². The Morgan fingerprint density at radius 1 is 1.05 bits per heavy atom. The number of ether oxygens (including phenoxy) is 1. The molecule has 2 aliphatic rings. The van der Waals surface area contributed by atoms with Crippen molar-refractivity contribution in [2.75, 3.05) is 18.5 Å². The highest BCUT2D eigenvalue weighted by Crippen LogP contribution is 2.36. The van der Waals surface area contributed by atoms with Gasteiger partial charge in [-0.15, -0.1) is 10.2 Å². The summed E-state index contributed by atoms with van der Waals surface area (Å²) in [5.74, 6) is 1.24. The number of fused-ring (bicyclic) bond motifs is 1. The van der Waals surface area contributed by atoms with Crippen LogP contribution in [0.1, 0.15) is 62.8 Å². The van der Waals surface area contributed by atoms with Crippen LogP contribution in [-0.2, 0) is 9.53 Å². The van der Waals surface area contributed by atoms with Crippen molar-refractivity contribution >= 4 is 17.1 Å². The monoisotopic (exact) mass is 526 g/mol. The van der Waals surface area contributed by atoms with Gasteiger partial charge in [-0.25, -0.2) is 4.52 Å². The van der Waals surface area contributed by atoms with Crippen molar-refractivity contribution in [3.05, 3.63) is 48.1 Å². The summed E-state index contributed by atoms with van der Waals surface area (Å²) in [7, 11) is 0. The lowest BCUT2D eigenvalue weighted by Crippen LogP contribution is -2.35. The molecule has 1 saturated carbocycles. The molecular formula is C28H30N8O3. The van der Waals surface area contributed by atoms with Gasteiger partial charge in [0.2, 0.25) is 11.8 Å². The molecule has 1 aliphatic carbocycles. The Labute approximate surface area is 225 Å². The van der Waals surface area contributed by atoms with E-state index in [-0.39, 0.29) is 23.9 Å². The van der Waals surface area contributed by atoms with Crippen molar-refractivity contribution in [1.82, 2.24) is 30.1 Å². The summed E-state index contributed by atoms with van der Waals surface area (Å²) >= 11 is 0. The van der Waals surface area contributed by atoms with Crippen molar-refractivity contribution in [3.8, 4) is 28.9 Å². The Morgan fingerprint density at radius 3 is 2.64 bits per heavy atom. The fourth-order valence-corrected chi connectivity index (χ4v) is 5.48. The van der Waals surface area contributed by atoms with Crippen LogP contribution in [-0.4, -0.2) is 56.0 Å². The van der Waals surface area contributed by atoms with E-state index < -0.39 is 0 Å². The molecule has 5 heterocycles. The van der Waals surface area contributed by atoms with Gasteiger partial charge in [0.15, 0.2) is 0 Å². The number of pyridine rings is 1. The largest absolute Gasteiger partial charge is 0.420 e. The molecule has 6 rings (SSSR count). The number of nitriles is 1. The zero-order chi connectivity index (χ0) is 26.8. The minimum absolute atomic E-state index is 0.00914. The molecule has 0 atom stereocenters. The average Bonchev–Trinajstić information content (AvgIpc) is 3.61. The molecule has 0 bridgehead atoms. The van der Waals surface area contributed by atoms with Crippen molar-refractivity contribution < 1.29 is 13.9 Å². The van der Waals surface area contributed by atoms with Crippen LogP contribution in [0.5, 0.6) is 0 Å². The molecule has 1 amide bonds. The summed E-state index contributed by atoms with van der Waals surface area (Å²) in [6.45, 7) is 2.98. The van der Waals surface area contributed by atoms with Gasteiger partial charge in [-0.3, -0.25) is 9.78 Å². The van der Waals surface area contributed by atoms with Gasteiger partial charge in [0, 0.05) is 44.3 Å². The first-order valence-electron chi connectivity index (χ1n) is 13.4. The van der Waals surface area contributed by atoms with Crippen LogP contribution >= 0.6 is 0 Å². The number of amides is 1. The zero-order valence-corrected chi connectivity index (χ0v) is 21.8. The second-order valence-corrected chi connectivity index (χ2v) is 10.3. The van der Waals surface area contributed by atoms with Crippen LogP contribution in [0.3, 0.4) is 0 Å². The van der Waals surface area contributed by atoms with Gasteiger partial charge in [0.25, 0.3) is 5.89 Å². The molecular weight excluding hydrogens is 496 g/mol. The number of hydrogen-bond acceptors (Lipinski definition) is 9. The van der Waals surface area contributed by atoms with Gasteiger partial charge in [-0.05, 0) is 62.8 Å². The second kappa shape index (κ2) is 10.8. The van der Waals surface area contributed by atoms with E-state index in [9.17, 15) is 10.1 Å². The maximum Gasteiger partial charge on any atom is 0.251 e. The summed E-state index contributed by atoms with van der Waals surface area (Å²) in [4.78, 5) is 16.1. The smallest absolute Gasteiger partial charge is 0.251 e. The Hall–Kier alpha value is -4.30. The van der Waals surface area contributed by atoms with Crippen molar-refractivity contribution in [1.29, 1.82) is 5.26 Å². The lowest BCUT2D eigenvalue weighted by atomic mass is 9.86. The lowest BCUT2D eigenvalue weighted by Gasteiger charge is -2.26. The van der Waals surface area contributed by atoms with E-state index in [1.807, 2.05) is 18.2 Å². The third-order valence-electron chi connectivity index (χ3n) is 7.53. The van der Waals surface area contributed by atoms with Gasteiger partial charge < -0.3 is 19.8 Å². The standard InChI is InChI=1S/C28H30N8O3/c1-17(37)32-20-4-2-19(3-5-20)27-34-35-28(39-27)23-16-30-25(13-24(23)33-21-8-10-38-11-9-21)26-7-6-22-12-18(14-29)15-31-36(22)26/h6-7,12-13,15-16,19-21H,2-5,8-11H2,1H3,(H,30,33)(H,32,37). The number of carbonyl (C=O) groups is 1. The molecule has 0 unspecified atom stereocenters. The van der Waals surface area contributed by atoms with E-state index in [2.05, 4.69) is 32.0 Å². The molecule has 1 saturated heterocycles. The first-order valence-corrected chi connectivity index (χ1v) is 13.4. The molecule has 2 fully saturated rings. The minimum Gasteiger partial charge on any atom is -0.420 e. The molecule has 39 heavy (non-hydrogen) atoms. The summed E-state index contributed by atoms with van der Waals surface area (Å²) in [6, 6.07) is 10.3. The predicted octanol–water partition coefficient (Wildman–Crippen LogP) is 4.07. The van der Waals surface area contributed by atoms with Gasteiger partial charge in [0.1, 0.15) is 6.07 Å². The number of nitrogens with one attached hydrogen (secondary N) is 2. The Morgan fingerprint density at radius 2 is 1.87 bits per heavy atom. The van der Waals surface area contributed by atoms with Crippen LogP contribution in [0.15, 0.2) is 41.1 Å². The van der Waals surface area contributed by atoms with Crippen molar-refractivity contribution in [3.63, 3.8) is 0 Å². The van der Waals surface area contributed by atoms with Gasteiger partial charge >= 0.3 is 0 Å². The molecule has 0 aromatic carbocycles. The third kappa shape index (κ3) is 5.33. The molecule has 0 radical (unpaired) electrons. The summed E-state index contributed by atoms with van der Waals surface area (Å²) < 4.78 is 13.6. The van der Waals surface area contributed by atoms with Crippen LogP contribution in [0.4, 0.5) is 5.69 Å². The summed E-state index contributed by atoms with van der Waals surface area (Å²) in [5.41, 5.74) is 4.49. The summed E-state index contributed by atoms with van der Waals surface area (Å²) in [6.07, 6.45) is 8.68. The molecule has 2 N–H and O–H groups in total. The highest BCUT2D eigenvalue weighted by molar-refractivity contribution is 5.77. The quantitative estimate of drug-likeness (QED) is 0.380. The van der Waals surface area contributed by atoms with Crippen LogP contribution < -0.4 is 10.6 Å². The number of nitrogens with zero attached hydrogens (tertiary/aromatic N) is 6. The van der Waals surface area contributed by atoms with Gasteiger partial charge in [-0.2, -0.15) is 10.4 Å². The maximum atomic E-state index is 11.4. The predicted molar refractivity (Wildman–Crippen MR) is 143 cm³/mol. The number of anilines is 1. The molecule has 4 aromatic rings. The highest BCUT2D eigenvalue weighted by atomic mass is 16.5. The Kier molecular flexibility index (Phi) is 6.94. The van der Waals surface area contributed by atoms with Crippen molar-refractivity contribution in [2.24, 2.45) is 0 Å². The fraction of sp³-hybridized carbons (Fsp3) is 0.429. The number of aromatic nitrogens is 5. The van der Waals surface area contributed by atoms with E-state index in [1.165, 1.54) is 0 Å². The van der Waals surface area contributed by atoms with E-state index in [0.717, 1.165) is 66.7 Å². The first-order chi connectivity index (χ1) is 19.1. The maximum absolute atomic E-state index is 11.4. The van der Waals surface area contributed by atoms with Gasteiger partial charge in [0.05, 0.1) is 39.9 Å². The lowest BCUT2D eigenvalue weighted by molar-refractivity contribution is -0.119. The Balaban J connectivity index is 1.30. The van der Waals surface area contributed by atoms with E-state index in [0.29, 0.717) is 30.6 Å². The molecule has 0 spiro atoms. The summed E-state index contributed by atoms with van der Waals surface area (Å²) in [5, 5.41) is 29.1. The molecule has 1 aliphatic heterocycles. The van der Waals surface area contributed by atoms with E-state index >= 15 is 0 Å². The number of hydrogen-bond donors (Lipinski definition) is 2.